The Hall–Kier alpha value is -0.790. The summed E-state index contributed by atoms with van der Waals surface area (Å²) in [5, 5.41) is 0. The molecule has 0 aliphatic carbocycles. The van der Waals surface area contributed by atoms with Gasteiger partial charge in [0.15, 0.2) is 0 Å². The van der Waals surface area contributed by atoms with Gasteiger partial charge in [-0.05, 0) is 6.42 Å². The minimum absolute atomic E-state index is 0.770. The Morgan fingerprint density at radius 2 is 2.25 bits per heavy atom. The third-order valence-corrected chi connectivity index (χ3v) is 0.743. The molecule has 0 rings (SSSR count). The van der Waals surface area contributed by atoms with Crippen molar-refractivity contribution in [3.63, 3.8) is 0 Å². The van der Waals surface area contributed by atoms with E-state index in [4.69, 9.17) is 0 Å². The fourth-order valence-electron chi connectivity index (χ4n) is 0.307. The summed E-state index contributed by atoms with van der Waals surface area (Å²) in [4.78, 5) is 11.4. The average Bonchev–Trinajstić information content (AvgIpc) is 1.83. The molecule has 0 saturated carbocycles. The van der Waals surface area contributed by atoms with E-state index >= 15 is 0 Å². The Morgan fingerprint density at radius 1 is 1.62 bits per heavy atom. The van der Waals surface area contributed by atoms with Gasteiger partial charge in [0.05, 0.1) is 0 Å². The highest BCUT2D eigenvalue weighted by molar-refractivity contribution is 5.48. The summed E-state index contributed by atoms with van der Waals surface area (Å²) in [6.45, 7) is 2.02. The number of nitrogens with zero attached hydrogens (tertiary/aromatic N) is 1. The summed E-state index contributed by atoms with van der Waals surface area (Å²) in [5.41, 5.74) is 0. The lowest BCUT2D eigenvalue weighted by atomic mass is 10.5. The summed E-state index contributed by atoms with van der Waals surface area (Å²) in [6, 6.07) is 0. The molecule has 0 aliphatic rings. The first-order valence-electron chi connectivity index (χ1n) is 2.65. The van der Waals surface area contributed by atoms with Gasteiger partial charge < -0.3 is 4.90 Å². The molecule has 0 unspecified atom stereocenters. The minimum Gasteiger partial charge on any atom is -0.325 e. The van der Waals surface area contributed by atoms with Gasteiger partial charge in [-0.1, -0.05) is 13.0 Å². The van der Waals surface area contributed by atoms with Crippen LogP contribution in [0.3, 0.4) is 0 Å². The molecule has 0 N–H and O–H groups in total. The molecule has 0 heterocycles. The van der Waals surface area contributed by atoms with Crippen molar-refractivity contribution in [3.05, 3.63) is 12.3 Å². The van der Waals surface area contributed by atoms with Crippen LogP contribution in [0.5, 0.6) is 0 Å². The molecular formula is C6H11NO. The first-order valence-corrected chi connectivity index (χ1v) is 2.65. The third-order valence-electron chi connectivity index (χ3n) is 0.743. The average molecular weight is 113 g/mol. The molecule has 2 heteroatoms. The van der Waals surface area contributed by atoms with Gasteiger partial charge in [0.1, 0.15) is 0 Å². The molecule has 0 aromatic heterocycles. The largest absolute Gasteiger partial charge is 0.325 e. The van der Waals surface area contributed by atoms with E-state index in [-0.39, 0.29) is 0 Å². The summed E-state index contributed by atoms with van der Waals surface area (Å²) >= 11 is 0. The van der Waals surface area contributed by atoms with Crippen molar-refractivity contribution < 1.29 is 4.79 Å². The standard InChI is InChI=1S/C6H11NO/c1-3-4-5-7(2)6-8/h4-6H,3H2,1-2H3. The van der Waals surface area contributed by atoms with Crippen molar-refractivity contribution in [1.82, 2.24) is 4.90 Å². The van der Waals surface area contributed by atoms with Crippen LogP contribution >= 0.6 is 0 Å². The maximum absolute atomic E-state index is 9.89. The lowest BCUT2D eigenvalue weighted by molar-refractivity contribution is -0.114. The van der Waals surface area contributed by atoms with Crippen LogP contribution in [-0.2, 0) is 4.79 Å². The highest BCUT2D eigenvalue weighted by Gasteiger charge is 1.78. The first kappa shape index (κ1) is 7.21. The lowest BCUT2D eigenvalue weighted by Crippen LogP contribution is -2.05. The molecule has 8 heavy (non-hydrogen) atoms. The van der Waals surface area contributed by atoms with Crippen LogP contribution in [-0.4, -0.2) is 18.4 Å². The molecule has 0 aromatic rings. The zero-order valence-electron chi connectivity index (χ0n) is 5.29. The number of hydrogen-bond acceptors (Lipinski definition) is 1. The van der Waals surface area contributed by atoms with Crippen LogP contribution in [0.4, 0.5) is 0 Å². The zero-order chi connectivity index (χ0) is 6.41. The van der Waals surface area contributed by atoms with Crippen LogP contribution in [0.2, 0.25) is 0 Å². The maximum atomic E-state index is 9.89. The fraction of sp³-hybridized carbons (Fsp3) is 0.500. The van der Waals surface area contributed by atoms with Gasteiger partial charge in [0, 0.05) is 13.2 Å². The van der Waals surface area contributed by atoms with Gasteiger partial charge in [-0.25, -0.2) is 0 Å². The van der Waals surface area contributed by atoms with E-state index in [9.17, 15) is 4.79 Å². The molecule has 0 aromatic carbocycles. The van der Waals surface area contributed by atoms with E-state index in [1.165, 1.54) is 4.90 Å². The van der Waals surface area contributed by atoms with Crippen molar-refractivity contribution in [2.75, 3.05) is 7.05 Å². The highest BCUT2D eigenvalue weighted by Crippen LogP contribution is 1.81. The SMILES string of the molecule is CCC=CN(C)C=O. The van der Waals surface area contributed by atoms with Crippen LogP contribution in [0.25, 0.3) is 0 Å². The van der Waals surface area contributed by atoms with Gasteiger partial charge in [0.25, 0.3) is 0 Å². The Balaban J connectivity index is 3.35. The number of hydrogen-bond donors (Lipinski definition) is 0. The summed E-state index contributed by atoms with van der Waals surface area (Å²) in [7, 11) is 1.71. The van der Waals surface area contributed by atoms with Crippen LogP contribution in [0.15, 0.2) is 12.3 Å². The molecule has 0 atom stereocenters. The van der Waals surface area contributed by atoms with Crippen molar-refractivity contribution in [2.45, 2.75) is 13.3 Å². The molecule has 0 bridgehead atoms. The van der Waals surface area contributed by atoms with Crippen LogP contribution < -0.4 is 0 Å². The molecule has 2 nitrogen and oxygen atoms in total. The Labute approximate surface area is 49.8 Å². The zero-order valence-corrected chi connectivity index (χ0v) is 5.29. The second-order valence-corrected chi connectivity index (χ2v) is 1.56. The molecular weight excluding hydrogens is 102 g/mol. The molecule has 0 saturated heterocycles. The summed E-state index contributed by atoms with van der Waals surface area (Å²) in [5.74, 6) is 0. The number of carbonyl (C=O) groups excluding carboxylic acids is 1. The molecule has 0 aliphatic heterocycles. The number of allylic oxidation sites excluding steroid dienone is 1. The molecule has 0 spiro atoms. The first-order chi connectivity index (χ1) is 3.81. The van der Waals surface area contributed by atoms with E-state index in [2.05, 4.69) is 0 Å². The van der Waals surface area contributed by atoms with E-state index in [1.54, 1.807) is 13.2 Å². The van der Waals surface area contributed by atoms with E-state index in [1.807, 2.05) is 13.0 Å². The fourth-order valence-corrected chi connectivity index (χ4v) is 0.307. The molecule has 1 amide bonds. The summed E-state index contributed by atoms with van der Waals surface area (Å²) < 4.78 is 0. The van der Waals surface area contributed by atoms with E-state index < -0.39 is 0 Å². The molecule has 0 fully saturated rings. The third kappa shape index (κ3) is 3.40. The Kier molecular flexibility index (Phi) is 3.94. The monoisotopic (exact) mass is 113 g/mol. The van der Waals surface area contributed by atoms with Gasteiger partial charge in [-0.3, -0.25) is 4.79 Å². The van der Waals surface area contributed by atoms with Crippen molar-refractivity contribution in [1.29, 1.82) is 0 Å². The van der Waals surface area contributed by atoms with Crippen molar-refractivity contribution >= 4 is 6.41 Å². The van der Waals surface area contributed by atoms with Gasteiger partial charge in [0.2, 0.25) is 6.41 Å². The normalized spacial score (nSPS) is 9.75. The van der Waals surface area contributed by atoms with Gasteiger partial charge in [-0.2, -0.15) is 0 Å². The van der Waals surface area contributed by atoms with Crippen molar-refractivity contribution in [2.24, 2.45) is 0 Å². The number of rotatable bonds is 3. The molecule has 46 valence electrons. The number of carbonyl (C=O) groups is 1. The second kappa shape index (κ2) is 4.37. The van der Waals surface area contributed by atoms with E-state index in [0.717, 1.165) is 12.8 Å². The van der Waals surface area contributed by atoms with Gasteiger partial charge >= 0.3 is 0 Å². The predicted octanol–water partition coefficient (Wildman–Crippen LogP) is 0.998. The Morgan fingerprint density at radius 3 is 2.62 bits per heavy atom. The van der Waals surface area contributed by atoms with Crippen LogP contribution in [0.1, 0.15) is 13.3 Å². The number of amides is 1. The van der Waals surface area contributed by atoms with Crippen molar-refractivity contribution in [3.8, 4) is 0 Å². The maximum Gasteiger partial charge on any atom is 0.213 e. The summed E-state index contributed by atoms with van der Waals surface area (Å²) in [6.07, 6.45) is 5.41. The highest BCUT2D eigenvalue weighted by atomic mass is 16.1. The second-order valence-electron chi connectivity index (χ2n) is 1.56. The predicted molar refractivity (Wildman–Crippen MR) is 33.3 cm³/mol. The van der Waals surface area contributed by atoms with E-state index in [0.29, 0.717) is 0 Å². The van der Waals surface area contributed by atoms with Gasteiger partial charge in [-0.15, -0.1) is 0 Å². The Bertz CT molecular complexity index is 88.5. The molecule has 0 radical (unpaired) electrons. The quantitative estimate of drug-likeness (QED) is 0.500. The lowest BCUT2D eigenvalue weighted by Gasteiger charge is -1.98. The topological polar surface area (TPSA) is 20.3 Å². The minimum atomic E-state index is 0.770. The van der Waals surface area contributed by atoms with Crippen LogP contribution in [0, 0.1) is 0 Å². The smallest absolute Gasteiger partial charge is 0.213 e.